The van der Waals surface area contributed by atoms with Gasteiger partial charge >= 0.3 is 207 Å². The van der Waals surface area contributed by atoms with Crippen LogP contribution in [0.4, 0.5) is 0 Å². The molecule has 0 rings (SSSR count). The van der Waals surface area contributed by atoms with E-state index < -0.39 is 23.5 Å². The van der Waals surface area contributed by atoms with Gasteiger partial charge in [0.2, 0.25) is 0 Å². The molecule has 19 heavy (non-hydrogen) atoms. The fraction of sp³-hybridized carbons (Fsp3) is 0. The third kappa shape index (κ3) is 263. The molecule has 0 heterocycles. The van der Waals surface area contributed by atoms with Crippen molar-refractivity contribution in [2.75, 3.05) is 0 Å². The normalized spacial score (nSPS) is 9.32. The van der Waals surface area contributed by atoms with Crippen LogP contribution >= 0.6 is 23.5 Å². The van der Waals surface area contributed by atoms with Crippen molar-refractivity contribution in [2.45, 2.75) is 0 Å². The van der Waals surface area contributed by atoms with Crippen LogP contribution < -0.4 is 251 Å². The molecule has 0 spiro atoms. The van der Waals surface area contributed by atoms with Crippen molar-refractivity contribution < 1.29 is 285 Å². The van der Waals surface area contributed by atoms with Crippen LogP contribution in [-0.2, 0) is 34.8 Å². The fourth-order valence-corrected chi connectivity index (χ4v) is 0. The molecule has 0 aliphatic carbocycles. The van der Waals surface area contributed by atoms with Gasteiger partial charge in [-0.25, -0.2) is 0 Å². The Labute approximate surface area is 298 Å². The Balaban J connectivity index is -0.0000000206. The van der Waals surface area contributed by atoms with Crippen molar-refractivity contribution in [1.82, 2.24) is 0 Å². The van der Waals surface area contributed by atoms with Crippen molar-refractivity contribution in [2.24, 2.45) is 0 Å². The second-order valence-corrected chi connectivity index (χ2v) is 4.02. The summed E-state index contributed by atoms with van der Waals surface area (Å²) >= 11 is 0. The molecule has 19 heteroatoms. The van der Waals surface area contributed by atoms with Crippen molar-refractivity contribution in [1.29, 1.82) is 0 Å². The molecule has 0 fully saturated rings. The Hall–Kier alpha value is 7.17. The summed E-state index contributed by atoms with van der Waals surface area (Å²) in [4.78, 5) is 76.9. The maximum atomic E-state index is 8.55. The maximum Gasteiger partial charge on any atom is 1.00 e. The van der Waals surface area contributed by atoms with E-state index in [2.05, 4.69) is 0 Å². The van der Waals surface area contributed by atoms with E-state index in [1.165, 1.54) is 0 Å². The van der Waals surface area contributed by atoms with Gasteiger partial charge in [-0.2, -0.15) is 23.5 Å². The summed E-state index contributed by atoms with van der Waals surface area (Å²) in [7, 11) is -16.2. The number of rotatable bonds is 0. The molecule has 0 saturated carbocycles. The van der Waals surface area contributed by atoms with Gasteiger partial charge in [0.1, 0.15) is 0 Å². The van der Waals surface area contributed by atoms with E-state index in [1.807, 2.05) is 0 Å². The summed E-state index contributed by atoms with van der Waals surface area (Å²) < 4.78 is 25.6. The van der Waals surface area contributed by atoms with Crippen LogP contribution in [0, 0.1) is 0 Å². The number of hydrogen-bond acceptors (Lipinski definition) is 12. The first-order chi connectivity index (χ1) is 6.00. The Morgan fingerprint density at radius 1 is 0.421 bits per heavy atom. The van der Waals surface area contributed by atoms with Gasteiger partial charge in [0.05, 0.1) is 0 Å². The Morgan fingerprint density at radius 3 is 0.421 bits per heavy atom. The van der Waals surface area contributed by atoms with Crippen LogP contribution in [0.2, 0.25) is 0 Å². The fourth-order valence-electron chi connectivity index (χ4n) is 0. The minimum Gasteiger partial charge on any atom is -0.822 e. The monoisotopic (exact) mass is 868 g/mol. The van der Waals surface area contributed by atoms with Crippen molar-refractivity contribution in [3.63, 3.8) is 0 Å². The predicted octanol–water partition coefficient (Wildman–Crippen LogP) is -17.5. The molecule has 0 aromatic carbocycles. The van der Waals surface area contributed by atoms with E-state index in [0.717, 1.165) is 0 Å². The molecule has 0 saturated heterocycles. The van der Waals surface area contributed by atoms with Crippen molar-refractivity contribution in [3.8, 4) is 0 Å². The van der Waals surface area contributed by atoms with Gasteiger partial charge in [0.15, 0.2) is 0 Å². The minimum atomic E-state index is -5.39. The number of phosphoric acid groups is 3. The van der Waals surface area contributed by atoms with Crippen LogP contribution in [0.15, 0.2) is 0 Å². The Morgan fingerprint density at radius 2 is 0.421 bits per heavy atom. The molecule has 0 radical (unpaired) electrons. The van der Waals surface area contributed by atoms with Gasteiger partial charge in [-0.1, -0.05) is 0 Å². The molecule has 0 unspecified atom stereocenters. The van der Waals surface area contributed by atoms with E-state index in [0.29, 0.717) is 0 Å². The molecule has 0 amide bonds. The van der Waals surface area contributed by atoms with E-state index in [-0.39, 0.29) is 228 Å². The largest absolute Gasteiger partial charge is 1.00 e. The second-order valence-electron chi connectivity index (χ2n) is 1.34. The van der Waals surface area contributed by atoms with Crippen molar-refractivity contribution >= 4 is 23.5 Å². The minimum absolute atomic E-state index is 0. The third-order valence-corrected chi connectivity index (χ3v) is 0. The average Bonchev–Trinajstić information content (AvgIpc) is 1.41. The quantitative estimate of drug-likeness (QED) is 0.206. The van der Waals surface area contributed by atoms with E-state index >= 15 is 0 Å². The number of hydrogen-bond donors (Lipinski definition) is 0. The summed E-state index contributed by atoms with van der Waals surface area (Å²) in [6, 6.07) is 0. The van der Waals surface area contributed by atoms with Gasteiger partial charge in [-0.05, 0) is 0 Å². The van der Waals surface area contributed by atoms with Gasteiger partial charge in [-0.3, -0.25) is 0 Å². The van der Waals surface area contributed by atoms with Crippen LogP contribution in [0.3, 0.4) is 0 Å². The van der Waals surface area contributed by atoms with E-state index in [9.17, 15) is 0 Å². The maximum absolute atomic E-state index is 8.55. The molecule has 0 aliphatic rings. The zero-order valence-electron chi connectivity index (χ0n) is 9.65. The zero-order chi connectivity index (χ0) is 13.5. The summed E-state index contributed by atoms with van der Waals surface area (Å²) in [5, 5.41) is 0. The summed E-state index contributed by atoms with van der Waals surface area (Å²) in [6.07, 6.45) is 0. The second kappa shape index (κ2) is 23.2. The molecule has 0 aromatic rings. The molecular formula is Cs3O12P3W-6. The zero-order valence-corrected chi connectivity index (χ0v) is 34.1. The first-order valence-electron chi connectivity index (χ1n) is 2.19. The topological polar surface area (TPSA) is 259 Å². The third-order valence-electron chi connectivity index (χ3n) is 0. The van der Waals surface area contributed by atoms with Gasteiger partial charge in [-0.15, -0.1) is 0 Å². The summed E-state index contributed by atoms with van der Waals surface area (Å²) in [6.45, 7) is 0. The SMILES string of the molecule is O=P([O-])([O-])[O-].O=P([O-])([O-])[O-].O=P([O-])([O-])[O-].[Cs+].[Cs+].[Cs+].[W]. The molecule has 0 bridgehead atoms. The molecule has 0 N–H and O–H groups in total. The van der Waals surface area contributed by atoms with Crippen LogP contribution in [-0.4, -0.2) is 0 Å². The van der Waals surface area contributed by atoms with E-state index in [4.69, 9.17) is 57.7 Å². The van der Waals surface area contributed by atoms with E-state index in [1.54, 1.807) is 0 Å². The molecule has 0 aromatic heterocycles. The van der Waals surface area contributed by atoms with Gasteiger partial charge in [0, 0.05) is 21.1 Å². The average molecular weight is 867 g/mol. The predicted molar refractivity (Wildman–Crippen MR) is 22.8 cm³/mol. The first-order valence-corrected chi connectivity index (χ1v) is 6.57. The molecule has 12 nitrogen and oxygen atoms in total. The van der Waals surface area contributed by atoms with Crippen LogP contribution in [0.25, 0.3) is 0 Å². The molecule has 0 aliphatic heterocycles. The first kappa shape index (κ1) is 45.1. The molecule has 0 atom stereocenters. The Kier molecular flexibility index (Phi) is 55.1. The van der Waals surface area contributed by atoms with Crippen molar-refractivity contribution in [3.05, 3.63) is 0 Å². The Bertz CT molecular complexity index is 214. The molecular weight excluding hydrogens is 867 g/mol. The van der Waals surface area contributed by atoms with Gasteiger partial charge in [0.25, 0.3) is 0 Å². The van der Waals surface area contributed by atoms with Crippen LogP contribution in [0.1, 0.15) is 0 Å². The smallest absolute Gasteiger partial charge is 0.822 e. The van der Waals surface area contributed by atoms with Gasteiger partial charge < -0.3 is 57.7 Å². The summed E-state index contributed by atoms with van der Waals surface area (Å²) in [5.74, 6) is 0. The standard InChI is InChI=1S/3Cs.3H3O4P.W/c;;;3*1-5(2,3)4;/h;;;3*(H3,1,2,3,4);/q3*+1;;;;/p-9. The summed E-state index contributed by atoms with van der Waals surface area (Å²) in [5.41, 5.74) is 0. The molecule has 102 valence electrons. The van der Waals surface area contributed by atoms with Crippen LogP contribution in [0.5, 0.6) is 0 Å².